The predicted molar refractivity (Wildman–Crippen MR) is 71.6 cm³/mol. The van der Waals surface area contributed by atoms with Crippen LogP contribution in [0.5, 0.6) is 5.75 Å². The first-order valence-electron chi connectivity index (χ1n) is 5.50. The molecule has 0 saturated heterocycles. The van der Waals surface area contributed by atoms with Crippen molar-refractivity contribution < 1.29 is 9.94 Å². The smallest absolute Gasteiger partial charge is 0.129 e. The zero-order valence-electron chi connectivity index (χ0n) is 10.3. The number of nitrogens with zero attached hydrogens (tertiary/aromatic N) is 2. The molecular formula is C13H14N2O2S. The normalized spacial score (nSPS) is 11.6. The van der Waals surface area contributed by atoms with E-state index in [0.717, 1.165) is 21.8 Å². The minimum Gasteiger partial charge on any atom is -0.487 e. The van der Waals surface area contributed by atoms with E-state index in [-0.39, 0.29) is 0 Å². The van der Waals surface area contributed by atoms with Crippen LogP contribution in [0.2, 0.25) is 0 Å². The second-order valence-corrected chi connectivity index (χ2v) is 4.91. The van der Waals surface area contributed by atoms with Crippen molar-refractivity contribution in [1.82, 2.24) is 4.98 Å². The van der Waals surface area contributed by atoms with Crippen LogP contribution in [-0.2, 0) is 6.61 Å². The molecule has 94 valence electrons. The lowest BCUT2D eigenvalue weighted by Crippen LogP contribution is -2.02. The second-order valence-electron chi connectivity index (χ2n) is 3.94. The first kappa shape index (κ1) is 12.6. The van der Waals surface area contributed by atoms with Crippen molar-refractivity contribution in [2.75, 3.05) is 0 Å². The second kappa shape index (κ2) is 5.64. The lowest BCUT2D eigenvalue weighted by molar-refractivity contribution is 0.306. The topological polar surface area (TPSA) is 54.7 Å². The number of ether oxygens (including phenoxy) is 1. The monoisotopic (exact) mass is 262 g/mol. The van der Waals surface area contributed by atoms with Crippen LogP contribution in [0.3, 0.4) is 0 Å². The molecule has 1 aromatic carbocycles. The summed E-state index contributed by atoms with van der Waals surface area (Å²) in [6.07, 6.45) is 1.78. The van der Waals surface area contributed by atoms with Crippen LogP contribution in [0.1, 0.15) is 22.9 Å². The Morgan fingerprint density at radius 2 is 2.33 bits per heavy atom. The molecule has 2 rings (SSSR count). The summed E-state index contributed by atoms with van der Waals surface area (Å²) in [6.45, 7) is 4.21. The van der Waals surface area contributed by atoms with E-state index in [1.807, 2.05) is 25.1 Å². The molecule has 4 nitrogen and oxygen atoms in total. The van der Waals surface area contributed by atoms with Gasteiger partial charge in [0.2, 0.25) is 0 Å². The summed E-state index contributed by atoms with van der Waals surface area (Å²) in [5, 5.41) is 12.1. The molecule has 0 bridgehead atoms. The van der Waals surface area contributed by atoms with Gasteiger partial charge in [-0.25, -0.2) is 0 Å². The number of rotatable bonds is 4. The van der Waals surface area contributed by atoms with Crippen molar-refractivity contribution >= 4 is 17.0 Å². The Morgan fingerprint density at radius 3 is 3.00 bits per heavy atom. The highest BCUT2D eigenvalue weighted by Gasteiger charge is 2.08. The highest BCUT2D eigenvalue weighted by Crippen LogP contribution is 2.23. The zero-order chi connectivity index (χ0) is 13.0. The van der Waals surface area contributed by atoms with E-state index in [4.69, 9.17) is 9.94 Å². The van der Waals surface area contributed by atoms with Gasteiger partial charge in [0.1, 0.15) is 12.4 Å². The van der Waals surface area contributed by atoms with Gasteiger partial charge in [-0.1, -0.05) is 11.2 Å². The first-order valence-corrected chi connectivity index (χ1v) is 6.38. The van der Waals surface area contributed by atoms with E-state index >= 15 is 0 Å². The Hall–Kier alpha value is -1.88. The number of thiazole rings is 1. The molecule has 18 heavy (non-hydrogen) atoms. The molecule has 0 spiro atoms. The van der Waals surface area contributed by atoms with Crippen LogP contribution >= 0.6 is 11.3 Å². The van der Waals surface area contributed by atoms with E-state index in [1.54, 1.807) is 30.0 Å². The fourth-order valence-corrected chi connectivity index (χ4v) is 2.07. The Labute approximate surface area is 110 Å². The van der Waals surface area contributed by atoms with Crippen LogP contribution < -0.4 is 4.74 Å². The van der Waals surface area contributed by atoms with Gasteiger partial charge in [-0.2, -0.15) is 0 Å². The summed E-state index contributed by atoms with van der Waals surface area (Å²) < 4.78 is 5.76. The summed E-state index contributed by atoms with van der Waals surface area (Å²) >= 11 is 1.55. The van der Waals surface area contributed by atoms with Gasteiger partial charge < -0.3 is 9.94 Å². The third kappa shape index (κ3) is 2.87. The molecular weight excluding hydrogens is 248 g/mol. The maximum atomic E-state index is 8.86. The molecule has 2 aromatic rings. The summed E-state index contributed by atoms with van der Waals surface area (Å²) in [5.41, 5.74) is 4.21. The number of oxime groups is 1. The van der Waals surface area contributed by atoms with Crippen molar-refractivity contribution in [3.8, 4) is 5.75 Å². The average molecular weight is 262 g/mol. The van der Waals surface area contributed by atoms with Crippen molar-refractivity contribution in [1.29, 1.82) is 0 Å². The van der Waals surface area contributed by atoms with Crippen LogP contribution in [0.15, 0.2) is 35.1 Å². The molecule has 0 unspecified atom stereocenters. The molecule has 0 atom stereocenters. The van der Waals surface area contributed by atoms with Crippen molar-refractivity contribution in [2.45, 2.75) is 20.5 Å². The highest BCUT2D eigenvalue weighted by molar-refractivity contribution is 7.09. The fraction of sp³-hybridized carbons (Fsp3) is 0.231. The van der Waals surface area contributed by atoms with E-state index in [2.05, 4.69) is 10.1 Å². The molecule has 0 saturated carbocycles. The molecule has 0 aliphatic carbocycles. The number of benzene rings is 1. The third-order valence-electron chi connectivity index (χ3n) is 2.53. The SMILES string of the molecule is C/C(=N/O)c1ccc(C)cc1OCc1cncs1. The Bertz CT molecular complexity index is 550. The Kier molecular flexibility index (Phi) is 3.94. The van der Waals surface area contributed by atoms with Gasteiger partial charge >= 0.3 is 0 Å². The summed E-state index contributed by atoms with van der Waals surface area (Å²) in [7, 11) is 0. The molecule has 1 heterocycles. The molecule has 5 heteroatoms. The lowest BCUT2D eigenvalue weighted by Gasteiger charge is -2.10. The van der Waals surface area contributed by atoms with Crippen molar-refractivity contribution in [3.63, 3.8) is 0 Å². The average Bonchev–Trinajstić information content (AvgIpc) is 2.88. The van der Waals surface area contributed by atoms with Crippen LogP contribution in [0, 0.1) is 6.92 Å². The highest BCUT2D eigenvalue weighted by atomic mass is 32.1. The van der Waals surface area contributed by atoms with Crippen LogP contribution in [0.25, 0.3) is 0 Å². The first-order chi connectivity index (χ1) is 8.70. The standard InChI is InChI=1S/C13H14N2O2S/c1-9-3-4-12(10(2)15-16)13(5-9)17-7-11-6-14-8-18-11/h3-6,8,16H,7H2,1-2H3/b15-10-. The maximum Gasteiger partial charge on any atom is 0.129 e. The van der Waals surface area contributed by atoms with Gasteiger partial charge in [0, 0.05) is 11.8 Å². The van der Waals surface area contributed by atoms with Crippen LogP contribution in [0.4, 0.5) is 0 Å². The van der Waals surface area contributed by atoms with Crippen LogP contribution in [-0.4, -0.2) is 15.9 Å². The minimum atomic E-state index is 0.472. The number of hydrogen-bond acceptors (Lipinski definition) is 5. The van der Waals surface area contributed by atoms with Crippen molar-refractivity contribution in [3.05, 3.63) is 45.9 Å². The molecule has 0 aliphatic rings. The zero-order valence-corrected chi connectivity index (χ0v) is 11.1. The van der Waals surface area contributed by atoms with E-state index < -0.39 is 0 Å². The molecule has 0 aliphatic heterocycles. The molecule has 0 fully saturated rings. The number of hydrogen-bond donors (Lipinski definition) is 1. The van der Waals surface area contributed by atoms with E-state index in [0.29, 0.717) is 12.3 Å². The van der Waals surface area contributed by atoms with Gasteiger partial charge in [-0.05, 0) is 31.5 Å². The quantitative estimate of drug-likeness (QED) is 0.523. The summed E-state index contributed by atoms with van der Waals surface area (Å²) in [6, 6.07) is 5.79. The van der Waals surface area contributed by atoms with Gasteiger partial charge in [-0.3, -0.25) is 4.98 Å². The van der Waals surface area contributed by atoms with Gasteiger partial charge in [0.15, 0.2) is 0 Å². The van der Waals surface area contributed by atoms with E-state index in [1.165, 1.54) is 0 Å². The molecule has 0 radical (unpaired) electrons. The van der Waals surface area contributed by atoms with Crippen molar-refractivity contribution in [2.24, 2.45) is 5.16 Å². The molecule has 1 aromatic heterocycles. The number of aryl methyl sites for hydroxylation is 1. The Morgan fingerprint density at radius 1 is 1.50 bits per heavy atom. The summed E-state index contributed by atoms with van der Waals surface area (Å²) in [5.74, 6) is 0.721. The Balaban J connectivity index is 2.22. The molecule has 0 amide bonds. The lowest BCUT2D eigenvalue weighted by atomic mass is 10.1. The molecule has 1 N–H and O–H groups in total. The predicted octanol–water partition coefficient (Wildman–Crippen LogP) is 3.23. The van der Waals surface area contributed by atoms with Gasteiger partial charge in [0.05, 0.1) is 16.1 Å². The van der Waals surface area contributed by atoms with E-state index in [9.17, 15) is 0 Å². The number of aromatic nitrogens is 1. The fourth-order valence-electron chi connectivity index (χ4n) is 1.56. The van der Waals surface area contributed by atoms with Gasteiger partial charge in [-0.15, -0.1) is 11.3 Å². The summed E-state index contributed by atoms with van der Waals surface area (Å²) in [4.78, 5) is 5.06. The minimum absolute atomic E-state index is 0.472. The third-order valence-corrected chi connectivity index (χ3v) is 3.28. The van der Waals surface area contributed by atoms with Gasteiger partial charge in [0.25, 0.3) is 0 Å². The largest absolute Gasteiger partial charge is 0.487 e. The maximum absolute atomic E-state index is 8.86.